The average molecular weight is 396 g/mol. The SMILES string of the molecule is CCCC(C)(N)C(=O)Nc1ccc(Cl)c(C(=O)Nc2ccccc2)c1.Cl. The number of anilines is 2. The van der Waals surface area contributed by atoms with Crippen LogP contribution >= 0.6 is 24.0 Å². The predicted molar refractivity (Wildman–Crippen MR) is 109 cm³/mol. The lowest BCUT2D eigenvalue weighted by molar-refractivity contribution is -0.120. The third kappa shape index (κ3) is 5.73. The Morgan fingerprint density at radius 2 is 1.73 bits per heavy atom. The Morgan fingerprint density at radius 3 is 2.35 bits per heavy atom. The Balaban J connectivity index is 0.00000338. The summed E-state index contributed by atoms with van der Waals surface area (Å²) in [7, 11) is 0. The van der Waals surface area contributed by atoms with Crippen LogP contribution in [0.4, 0.5) is 11.4 Å². The van der Waals surface area contributed by atoms with Crippen molar-refractivity contribution in [1.29, 1.82) is 0 Å². The molecular formula is C19H23Cl2N3O2. The van der Waals surface area contributed by atoms with Crippen LogP contribution in [0.1, 0.15) is 37.0 Å². The summed E-state index contributed by atoms with van der Waals surface area (Å²) in [4.78, 5) is 24.8. The molecule has 0 saturated heterocycles. The molecule has 26 heavy (non-hydrogen) atoms. The van der Waals surface area contributed by atoms with Gasteiger partial charge in [0, 0.05) is 11.4 Å². The molecule has 0 bridgehead atoms. The molecule has 0 fully saturated rings. The number of amides is 2. The number of nitrogens with one attached hydrogen (secondary N) is 2. The molecule has 0 spiro atoms. The lowest BCUT2D eigenvalue weighted by Crippen LogP contribution is -2.48. The van der Waals surface area contributed by atoms with Crippen molar-refractivity contribution >= 4 is 47.2 Å². The van der Waals surface area contributed by atoms with E-state index < -0.39 is 5.54 Å². The average Bonchev–Trinajstić information content (AvgIpc) is 2.57. The maximum absolute atomic E-state index is 12.4. The topological polar surface area (TPSA) is 84.2 Å². The van der Waals surface area contributed by atoms with Gasteiger partial charge in [-0.05, 0) is 43.7 Å². The summed E-state index contributed by atoms with van der Waals surface area (Å²) in [5.41, 5.74) is 6.47. The summed E-state index contributed by atoms with van der Waals surface area (Å²) in [6.07, 6.45) is 1.36. The predicted octanol–water partition coefficient (Wildman–Crippen LogP) is 4.47. The van der Waals surface area contributed by atoms with Crippen molar-refractivity contribution in [3.63, 3.8) is 0 Å². The molecule has 2 amide bonds. The Bertz CT molecular complexity index is 765. The number of para-hydroxylation sites is 1. The van der Waals surface area contributed by atoms with Gasteiger partial charge in [0.15, 0.2) is 0 Å². The molecule has 140 valence electrons. The highest BCUT2D eigenvalue weighted by molar-refractivity contribution is 6.34. The first-order valence-electron chi connectivity index (χ1n) is 8.10. The fraction of sp³-hybridized carbons (Fsp3) is 0.263. The molecule has 5 nitrogen and oxygen atoms in total. The normalized spacial score (nSPS) is 12.5. The maximum Gasteiger partial charge on any atom is 0.257 e. The number of nitrogens with two attached hydrogens (primary N) is 1. The zero-order valence-electron chi connectivity index (χ0n) is 14.7. The zero-order chi connectivity index (χ0) is 18.4. The van der Waals surface area contributed by atoms with Crippen molar-refractivity contribution in [3.8, 4) is 0 Å². The Morgan fingerprint density at radius 1 is 1.08 bits per heavy atom. The van der Waals surface area contributed by atoms with Gasteiger partial charge in [-0.15, -0.1) is 12.4 Å². The largest absolute Gasteiger partial charge is 0.324 e. The molecule has 2 aromatic carbocycles. The van der Waals surface area contributed by atoms with Gasteiger partial charge < -0.3 is 16.4 Å². The molecule has 1 unspecified atom stereocenters. The highest BCUT2D eigenvalue weighted by Gasteiger charge is 2.27. The molecule has 7 heteroatoms. The van der Waals surface area contributed by atoms with Gasteiger partial charge in [-0.25, -0.2) is 0 Å². The second-order valence-electron chi connectivity index (χ2n) is 6.14. The van der Waals surface area contributed by atoms with E-state index in [1.165, 1.54) is 0 Å². The molecule has 0 radical (unpaired) electrons. The van der Waals surface area contributed by atoms with E-state index >= 15 is 0 Å². The Hall–Kier alpha value is -2.08. The number of halogens is 2. The summed E-state index contributed by atoms with van der Waals surface area (Å²) in [6, 6.07) is 13.8. The van der Waals surface area contributed by atoms with Crippen molar-refractivity contribution in [2.24, 2.45) is 5.73 Å². The van der Waals surface area contributed by atoms with Crippen molar-refractivity contribution < 1.29 is 9.59 Å². The summed E-state index contributed by atoms with van der Waals surface area (Å²) < 4.78 is 0. The smallest absolute Gasteiger partial charge is 0.257 e. The second-order valence-corrected chi connectivity index (χ2v) is 6.54. The molecule has 2 aromatic rings. The van der Waals surface area contributed by atoms with E-state index in [0.717, 1.165) is 6.42 Å². The van der Waals surface area contributed by atoms with Crippen LogP contribution in [0.2, 0.25) is 5.02 Å². The van der Waals surface area contributed by atoms with Crippen LogP contribution in [0, 0.1) is 0 Å². The summed E-state index contributed by atoms with van der Waals surface area (Å²) in [5, 5.41) is 5.82. The van der Waals surface area contributed by atoms with E-state index in [1.807, 2.05) is 25.1 Å². The quantitative estimate of drug-likeness (QED) is 0.674. The first-order valence-corrected chi connectivity index (χ1v) is 8.47. The fourth-order valence-corrected chi connectivity index (χ4v) is 2.61. The monoisotopic (exact) mass is 395 g/mol. The first-order chi connectivity index (χ1) is 11.8. The van der Waals surface area contributed by atoms with Gasteiger partial charge in [0.05, 0.1) is 16.1 Å². The molecule has 4 N–H and O–H groups in total. The summed E-state index contributed by atoms with van der Waals surface area (Å²) in [5.74, 6) is -0.651. The number of carbonyl (C=O) groups excluding carboxylic acids is 2. The molecule has 1 atom stereocenters. The molecular weight excluding hydrogens is 373 g/mol. The van der Waals surface area contributed by atoms with E-state index in [9.17, 15) is 9.59 Å². The van der Waals surface area contributed by atoms with Crippen molar-refractivity contribution in [2.75, 3.05) is 10.6 Å². The van der Waals surface area contributed by atoms with Gasteiger partial charge in [0.25, 0.3) is 5.91 Å². The third-order valence-corrected chi connectivity index (χ3v) is 4.12. The lowest BCUT2D eigenvalue weighted by atomic mass is 9.96. The maximum atomic E-state index is 12.4. The van der Waals surface area contributed by atoms with Crippen LogP contribution in [0.25, 0.3) is 0 Å². The van der Waals surface area contributed by atoms with Crippen LogP contribution in [0.3, 0.4) is 0 Å². The van der Waals surface area contributed by atoms with Crippen molar-refractivity contribution in [3.05, 3.63) is 59.1 Å². The second kappa shape index (κ2) is 9.57. The number of hydrogen-bond donors (Lipinski definition) is 3. The van der Waals surface area contributed by atoms with E-state index in [2.05, 4.69) is 10.6 Å². The molecule has 0 aromatic heterocycles. The van der Waals surface area contributed by atoms with E-state index in [4.69, 9.17) is 17.3 Å². The third-order valence-electron chi connectivity index (χ3n) is 3.79. The summed E-state index contributed by atoms with van der Waals surface area (Å²) >= 11 is 6.14. The van der Waals surface area contributed by atoms with Crippen molar-refractivity contribution in [2.45, 2.75) is 32.2 Å². The molecule has 2 rings (SSSR count). The van der Waals surface area contributed by atoms with Gasteiger partial charge in [0.1, 0.15) is 0 Å². The van der Waals surface area contributed by atoms with E-state index in [0.29, 0.717) is 22.8 Å². The molecule has 0 saturated carbocycles. The minimum absolute atomic E-state index is 0. The van der Waals surface area contributed by atoms with Gasteiger partial charge >= 0.3 is 0 Å². The molecule has 0 aliphatic carbocycles. The van der Waals surface area contributed by atoms with Crippen LogP contribution in [-0.2, 0) is 4.79 Å². The number of rotatable bonds is 6. The highest BCUT2D eigenvalue weighted by atomic mass is 35.5. The standard InChI is InChI=1S/C19H22ClN3O2.ClH/c1-3-11-19(2,21)18(25)23-14-9-10-16(20)15(12-14)17(24)22-13-7-5-4-6-8-13;/h4-10,12H,3,11,21H2,1-2H3,(H,22,24)(H,23,25);1H. The van der Waals surface area contributed by atoms with Gasteiger partial charge in [-0.3, -0.25) is 9.59 Å². The summed E-state index contributed by atoms with van der Waals surface area (Å²) in [6.45, 7) is 3.65. The Kier molecular flexibility index (Phi) is 8.08. The lowest BCUT2D eigenvalue weighted by Gasteiger charge is -2.23. The van der Waals surface area contributed by atoms with Crippen LogP contribution in [-0.4, -0.2) is 17.4 Å². The Labute approximate surface area is 164 Å². The van der Waals surface area contributed by atoms with E-state index in [1.54, 1.807) is 37.3 Å². The van der Waals surface area contributed by atoms with Gasteiger partial charge in [-0.1, -0.05) is 43.1 Å². The minimum atomic E-state index is -0.971. The number of hydrogen-bond acceptors (Lipinski definition) is 3. The highest BCUT2D eigenvalue weighted by Crippen LogP contribution is 2.23. The number of benzene rings is 2. The molecule has 0 heterocycles. The first kappa shape index (κ1) is 22.0. The van der Waals surface area contributed by atoms with Crippen LogP contribution in [0.5, 0.6) is 0 Å². The molecule has 0 aliphatic rings. The van der Waals surface area contributed by atoms with Gasteiger partial charge in [-0.2, -0.15) is 0 Å². The van der Waals surface area contributed by atoms with Crippen LogP contribution in [0.15, 0.2) is 48.5 Å². The van der Waals surface area contributed by atoms with E-state index in [-0.39, 0.29) is 29.8 Å². The number of carbonyl (C=O) groups is 2. The van der Waals surface area contributed by atoms with Crippen LogP contribution < -0.4 is 16.4 Å². The molecule has 0 aliphatic heterocycles. The van der Waals surface area contributed by atoms with Gasteiger partial charge in [0.2, 0.25) is 5.91 Å². The fourth-order valence-electron chi connectivity index (χ4n) is 2.40. The minimum Gasteiger partial charge on any atom is -0.324 e. The van der Waals surface area contributed by atoms with Crippen molar-refractivity contribution in [1.82, 2.24) is 0 Å². The zero-order valence-corrected chi connectivity index (χ0v) is 16.3.